The number of carbonyl (C=O) groups excluding carboxylic acids is 1. The standard InChI is InChI=1S/C15H18ClN3O/c1-4-19(3)15(20)10(2)18-13-7-8-17-14-9-11(16)5-6-12(13)14/h5-10H,4H2,1-3H3,(H,17,18). The van der Waals surface area contributed by atoms with Crippen molar-refractivity contribution in [2.24, 2.45) is 0 Å². The van der Waals surface area contributed by atoms with Gasteiger partial charge in [-0.25, -0.2) is 0 Å². The summed E-state index contributed by atoms with van der Waals surface area (Å²) in [6, 6.07) is 7.12. The Labute approximate surface area is 123 Å². The number of hydrogen-bond acceptors (Lipinski definition) is 3. The van der Waals surface area contributed by atoms with E-state index in [1.165, 1.54) is 0 Å². The maximum absolute atomic E-state index is 12.1. The maximum atomic E-state index is 12.1. The van der Waals surface area contributed by atoms with Crippen molar-refractivity contribution in [3.8, 4) is 0 Å². The highest BCUT2D eigenvalue weighted by Crippen LogP contribution is 2.24. The van der Waals surface area contributed by atoms with E-state index in [1.54, 1.807) is 18.1 Å². The minimum absolute atomic E-state index is 0.0615. The van der Waals surface area contributed by atoms with Crippen LogP contribution in [0.1, 0.15) is 13.8 Å². The fourth-order valence-electron chi connectivity index (χ4n) is 2.03. The summed E-state index contributed by atoms with van der Waals surface area (Å²) in [7, 11) is 1.80. The second kappa shape index (κ2) is 6.09. The topological polar surface area (TPSA) is 45.2 Å². The lowest BCUT2D eigenvalue weighted by Gasteiger charge is -2.22. The zero-order valence-electron chi connectivity index (χ0n) is 11.9. The lowest BCUT2D eigenvalue weighted by atomic mass is 10.1. The molecule has 1 heterocycles. The molecule has 0 radical (unpaired) electrons. The number of halogens is 1. The van der Waals surface area contributed by atoms with Gasteiger partial charge >= 0.3 is 0 Å². The molecule has 0 aliphatic carbocycles. The van der Waals surface area contributed by atoms with Crippen LogP contribution in [0.3, 0.4) is 0 Å². The highest BCUT2D eigenvalue weighted by Gasteiger charge is 2.16. The lowest BCUT2D eigenvalue weighted by Crippen LogP contribution is -2.38. The van der Waals surface area contributed by atoms with Gasteiger partial charge in [-0.05, 0) is 38.1 Å². The molecule has 5 heteroatoms. The number of nitrogens with zero attached hydrogens (tertiary/aromatic N) is 2. The largest absolute Gasteiger partial charge is 0.373 e. The summed E-state index contributed by atoms with van der Waals surface area (Å²) >= 11 is 5.97. The van der Waals surface area contributed by atoms with Gasteiger partial charge in [0.25, 0.3) is 0 Å². The molecule has 0 aliphatic rings. The molecule has 2 aromatic rings. The second-order valence-electron chi connectivity index (χ2n) is 4.74. The molecule has 0 bridgehead atoms. The predicted octanol–water partition coefficient (Wildman–Crippen LogP) is 3.17. The monoisotopic (exact) mass is 291 g/mol. The molecule has 0 saturated carbocycles. The Morgan fingerprint density at radius 1 is 1.45 bits per heavy atom. The van der Waals surface area contributed by atoms with Gasteiger partial charge in [-0.2, -0.15) is 0 Å². The number of benzene rings is 1. The zero-order valence-corrected chi connectivity index (χ0v) is 12.6. The van der Waals surface area contributed by atoms with E-state index < -0.39 is 0 Å². The van der Waals surface area contributed by atoms with Gasteiger partial charge < -0.3 is 10.2 Å². The summed E-state index contributed by atoms with van der Waals surface area (Å²) in [6.45, 7) is 4.50. The zero-order chi connectivity index (χ0) is 14.7. The van der Waals surface area contributed by atoms with Crippen LogP contribution in [0, 0.1) is 0 Å². The van der Waals surface area contributed by atoms with Gasteiger partial charge in [0.1, 0.15) is 6.04 Å². The van der Waals surface area contributed by atoms with Gasteiger partial charge in [0.05, 0.1) is 5.52 Å². The van der Waals surface area contributed by atoms with Crippen LogP contribution in [0.15, 0.2) is 30.5 Å². The smallest absolute Gasteiger partial charge is 0.244 e. The Hall–Kier alpha value is -1.81. The second-order valence-corrected chi connectivity index (χ2v) is 5.17. The van der Waals surface area contributed by atoms with Gasteiger partial charge in [0.15, 0.2) is 0 Å². The van der Waals surface area contributed by atoms with E-state index in [0.29, 0.717) is 11.6 Å². The molecule has 20 heavy (non-hydrogen) atoms. The van der Waals surface area contributed by atoms with E-state index in [4.69, 9.17) is 11.6 Å². The molecule has 106 valence electrons. The lowest BCUT2D eigenvalue weighted by molar-refractivity contribution is -0.130. The van der Waals surface area contributed by atoms with Crippen LogP contribution >= 0.6 is 11.6 Å². The number of hydrogen-bond donors (Lipinski definition) is 1. The first-order valence-corrected chi connectivity index (χ1v) is 6.96. The molecule has 0 saturated heterocycles. The van der Waals surface area contributed by atoms with Crippen LogP contribution in [-0.2, 0) is 4.79 Å². The third-order valence-corrected chi connectivity index (χ3v) is 3.53. The third kappa shape index (κ3) is 3.02. The Bertz CT molecular complexity index is 630. The van der Waals surface area contributed by atoms with E-state index in [-0.39, 0.29) is 11.9 Å². The Kier molecular flexibility index (Phi) is 4.45. The summed E-state index contributed by atoms with van der Waals surface area (Å²) in [5.41, 5.74) is 1.70. The molecule has 1 aromatic carbocycles. The molecule has 0 aliphatic heterocycles. The van der Waals surface area contributed by atoms with Crippen LogP contribution in [0.25, 0.3) is 10.9 Å². The number of pyridine rings is 1. The van der Waals surface area contributed by atoms with Gasteiger partial charge in [0.2, 0.25) is 5.91 Å². The number of carbonyl (C=O) groups is 1. The summed E-state index contributed by atoms with van der Waals surface area (Å²) in [5.74, 6) is 0.0615. The molecule has 1 amide bonds. The van der Waals surface area contributed by atoms with Crippen molar-refractivity contribution in [3.63, 3.8) is 0 Å². The maximum Gasteiger partial charge on any atom is 0.244 e. The quantitative estimate of drug-likeness (QED) is 0.941. The van der Waals surface area contributed by atoms with Gasteiger partial charge in [0, 0.05) is 35.9 Å². The number of fused-ring (bicyclic) bond motifs is 1. The van der Waals surface area contributed by atoms with E-state index >= 15 is 0 Å². The van der Waals surface area contributed by atoms with Crippen molar-refractivity contribution in [2.75, 3.05) is 18.9 Å². The molecule has 4 nitrogen and oxygen atoms in total. The van der Waals surface area contributed by atoms with Crippen LogP contribution < -0.4 is 5.32 Å². The van der Waals surface area contributed by atoms with Crippen molar-refractivity contribution in [1.29, 1.82) is 0 Å². The van der Waals surface area contributed by atoms with E-state index in [2.05, 4.69) is 10.3 Å². The Balaban J connectivity index is 2.28. The number of aromatic nitrogens is 1. The van der Waals surface area contributed by atoms with Crippen molar-refractivity contribution < 1.29 is 4.79 Å². The summed E-state index contributed by atoms with van der Waals surface area (Å²) in [6.07, 6.45) is 1.71. The van der Waals surface area contributed by atoms with Crippen LogP contribution in [0.5, 0.6) is 0 Å². The summed E-state index contributed by atoms with van der Waals surface area (Å²) in [5, 5.41) is 4.85. The number of rotatable bonds is 4. The van der Waals surface area contributed by atoms with Crippen molar-refractivity contribution in [1.82, 2.24) is 9.88 Å². The average molecular weight is 292 g/mol. The molecule has 1 atom stereocenters. The minimum Gasteiger partial charge on any atom is -0.373 e. The first kappa shape index (κ1) is 14.6. The van der Waals surface area contributed by atoms with Crippen molar-refractivity contribution in [2.45, 2.75) is 19.9 Å². The minimum atomic E-state index is -0.291. The number of likely N-dealkylation sites (N-methyl/N-ethyl adjacent to an activating group) is 1. The van der Waals surface area contributed by atoms with Crippen LogP contribution in [-0.4, -0.2) is 35.4 Å². The fourth-order valence-corrected chi connectivity index (χ4v) is 2.19. The predicted molar refractivity (Wildman–Crippen MR) is 83.1 cm³/mol. The molecule has 1 N–H and O–H groups in total. The van der Waals surface area contributed by atoms with Gasteiger partial charge in [-0.1, -0.05) is 11.6 Å². The highest BCUT2D eigenvalue weighted by atomic mass is 35.5. The third-order valence-electron chi connectivity index (χ3n) is 3.30. The normalized spacial score (nSPS) is 12.2. The number of amides is 1. The van der Waals surface area contributed by atoms with Crippen molar-refractivity contribution in [3.05, 3.63) is 35.5 Å². The van der Waals surface area contributed by atoms with E-state index in [1.807, 2.05) is 38.1 Å². The molecule has 1 aromatic heterocycles. The Morgan fingerprint density at radius 2 is 2.20 bits per heavy atom. The molecule has 1 unspecified atom stereocenters. The van der Waals surface area contributed by atoms with E-state index in [9.17, 15) is 4.79 Å². The number of nitrogens with one attached hydrogen (secondary N) is 1. The van der Waals surface area contributed by atoms with Gasteiger partial charge in [-0.15, -0.1) is 0 Å². The molecular formula is C15H18ClN3O. The van der Waals surface area contributed by atoms with Gasteiger partial charge in [-0.3, -0.25) is 9.78 Å². The van der Waals surface area contributed by atoms with E-state index in [0.717, 1.165) is 16.6 Å². The molecule has 0 fully saturated rings. The van der Waals surface area contributed by atoms with Crippen molar-refractivity contribution >= 4 is 34.1 Å². The first-order chi connectivity index (χ1) is 9.52. The SMILES string of the molecule is CCN(C)C(=O)C(C)Nc1ccnc2cc(Cl)ccc12. The highest BCUT2D eigenvalue weighted by molar-refractivity contribution is 6.31. The summed E-state index contributed by atoms with van der Waals surface area (Å²) in [4.78, 5) is 18.1. The average Bonchev–Trinajstić information content (AvgIpc) is 2.45. The molecular weight excluding hydrogens is 274 g/mol. The Morgan fingerprint density at radius 3 is 2.90 bits per heavy atom. The van der Waals surface area contributed by atoms with Crippen LogP contribution in [0.2, 0.25) is 5.02 Å². The molecule has 2 rings (SSSR count). The molecule has 0 spiro atoms. The number of anilines is 1. The fraction of sp³-hybridized carbons (Fsp3) is 0.333. The first-order valence-electron chi connectivity index (χ1n) is 6.58. The van der Waals surface area contributed by atoms with Crippen LogP contribution in [0.4, 0.5) is 5.69 Å². The summed E-state index contributed by atoms with van der Waals surface area (Å²) < 4.78 is 0.